The smallest absolute Gasteiger partial charge is 0.0757 e. The molecule has 0 radical (unpaired) electrons. The summed E-state index contributed by atoms with van der Waals surface area (Å²) in [5.74, 6) is 0. The van der Waals surface area contributed by atoms with Gasteiger partial charge in [0.05, 0.1) is 15.7 Å². The van der Waals surface area contributed by atoms with Gasteiger partial charge in [-0.15, -0.1) is 0 Å². The fraction of sp³-hybridized carbons (Fsp3) is 0.182. The normalized spacial score (nSPS) is 11.0. The van der Waals surface area contributed by atoms with E-state index in [4.69, 9.17) is 0 Å². The molecule has 0 spiro atoms. The minimum absolute atomic E-state index is 0.996. The van der Waals surface area contributed by atoms with Crippen LogP contribution in [-0.4, -0.2) is 4.98 Å². The van der Waals surface area contributed by atoms with Crippen molar-refractivity contribution in [3.63, 3.8) is 0 Å². The molecule has 2 rings (SSSR count). The second-order valence-corrected chi connectivity index (χ2v) is 5.83. The topological polar surface area (TPSA) is 12.9 Å². The summed E-state index contributed by atoms with van der Waals surface area (Å²) in [6.07, 6.45) is 0. The Balaban J connectivity index is 2.98. The van der Waals surface area contributed by atoms with Gasteiger partial charge in [0.25, 0.3) is 0 Å². The van der Waals surface area contributed by atoms with E-state index in [1.54, 1.807) is 0 Å². The molecule has 78 valence electrons. The Morgan fingerprint density at radius 2 is 1.67 bits per heavy atom. The zero-order valence-corrected chi connectivity index (χ0v) is 13.0. The molecule has 0 N–H and O–H groups in total. The van der Waals surface area contributed by atoms with E-state index < -0.39 is 0 Å². The van der Waals surface area contributed by atoms with Crippen LogP contribution < -0.4 is 0 Å². The van der Waals surface area contributed by atoms with E-state index in [0.717, 1.165) is 30.0 Å². The third-order valence-corrected chi connectivity index (χ3v) is 5.58. The summed E-state index contributed by atoms with van der Waals surface area (Å²) in [5.41, 5.74) is 3.20. The van der Waals surface area contributed by atoms with Crippen molar-refractivity contribution in [2.45, 2.75) is 13.8 Å². The standard InChI is InChI=1S/C11H8Br3N/c1-5-8(12)4-3-7-10(14)9(13)6(2)15-11(5)7/h3-4H,1-2H3. The van der Waals surface area contributed by atoms with Crippen LogP contribution in [0.25, 0.3) is 10.9 Å². The van der Waals surface area contributed by atoms with Crippen LogP contribution in [0.4, 0.5) is 0 Å². The van der Waals surface area contributed by atoms with Gasteiger partial charge in [0.1, 0.15) is 0 Å². The quantitative estimate of drug-likeness (QED) is 0.604. The van der Waals surface area contributed by atoms with Gasteiger partial charge >= 0.3 is 0 Å². The van der Waals surface area contributed by atoms with Gasteiger partial charge in [-0.25, -0.2) is 0 Å². The highest BCUT2D eigenvalue weighted by molar-refractivity contribution is 9.13. The maximum atomic E-state index is 4.59. The molecule has 0 unspecified atom stereocenters. The number of halogens is 3. The van der Waals surface area contributed by atoms with Crippen LogP contribution in [0.1, 0.15) is 11.3 Å². The molecule has 1 heterocycles. The highest BCUT2D eigenvalue weighted by Gasteiger charge is 2.10. The average molecular weight is 394 g/mol. The molecule has 0 saturated heterocycles. The van der Waals surface area contributed by atoms with Crippen LogP contribution in [0.3, 0.4) is 0 Å². The van der Waals surface area contributed by atoms with Crippen molar-refractivity contribution in [2.75, 3.05) is 0 Å². The number of rotatable bonds is 0. The number of benzene rings is 1. The van der Waals surface area contributed by atoms with Gasteiger partial charge in [-0.3, -0.25) is 4.98 Å². The zero-order valence-electron chi connectivity index (χ0n) is 8.24. The minimum Gasteiger partial charge on any atom is -0.252 e. The van der Waals surface area contributed by atoms with Gasteiger partial charge in [0.15, 0.2) is 0 Å². The van der Waals surface area contributed by atoms with E-state index >= 15 is 0 Å². The lowest BCUT2D eigenvalue weighted by atomic mass is 10.1. The van der Waals surface area contributed by atoms with Gasteiger partial charge in [-0.2, -0.15) is 0 Å². The summed E-state index contributed by atoms with van der Waals surface area (Å²) in [6, 6.07) is 4.11. The molecule has 1 aromatic carbocycles. The molecule has 4 heteroatoms. The van der Waals surface area contributed by atoms with Crippen LogP contribution in [0, 0.1) is 13.8 Å². The molecule has 0 atom stereocenters. The summed E-state index contributed by atoms with van der Waals surface area (Å²) in [7, 11) is 0. The number of hydrogen-bond acceptors (Lipinski definition) is 1. The number of hydrogen-bond donors (Lipinski definition) is 0. The van der Waals surface area contributed by atoms with E-state index in [1.807, 2.05) is 13.0 Å². The van der Waals surface area contributed by atoms with Gasteiger partial charge in [0, 0.05) is 14.3 Å². The summed E-state index contributed by atoms with van der Waals surface area (Å²) in [6.45, 7) is 4.06. The third-order valence-electron chi connectivity index (χ3n) is 2.39. The second-order valence-electron chi connectivity index (χ2n) is 3.39. The van der Waals surface area contributed by atoms with Crippen LogP contribution in [-0.2, 0) is 0 Å². The van der Waals surface area contributed by atoms with Gasteiger partial charge in [-0.1, -0.05) is 22.0 Å². The van der Waals surface area contributed by atoms with Crippen molar-refractivity contribution in [1.29, 1.82) is 0 Å². The van der Waals surface area contributed by atoms with Crippen LogP contribution >= 0.6 is 47.8 Å². The van der Waals surface area contributed by atoms with Crippen molar-refractivity contribution in [3.05, 3.63) is 36.8 Å². The minimum atomic E-state index is 0.996. The Hall–Kier alpha value is 0.0700. The Bertz CT molecular complexity index is 549. The zero-order chi connectivity index (χ0) is 11.2. The number of nitrogens with zero attached hydrogens (tertiary/aromatic N) is 1. The second kappa shape index (κ2) is 4.15. The largest absolute Gasteiger partial charge is 0.252 e. The van der Waals surface area contributed by atoms with Gasteiger partial charge < -0.3 is 0 Å². The molecule has 2 aromatic rings. The summed E-state index contributed by atoms with van der Waals surface area (Å²) in [4.78, 5) is 4.59. The summed E-state index contributed by atoms with van der Waals surface area (Å²) >= 11 is 10.6. The SMILES string of the molecule is Cc1nc2c(C)c(Br)ccc2c(Br)c1Br. The average Bonchev–Trinajstić information content (AvgIpc) is 2.21. The molecular weight excluding hydrogens is 386 g/mol. The maximum absolute atomic E-state index is 4.59. The maximum Gasteiger partial charge on any atom is 0.0757 e. The fourth-order valence-electron chi connectivity index (χ4n) is 1.49. The predicted molar refractivity (Wildman–Crippen MR) is 74.3 cm³/mol. The first kappa shape index (κ1) is 11.6. The van der Waals surface area contributed by atoms with Crippen molar-refractivity contribution in [3.8, 4) is 0 Å². The number of fused-ring (bicyclic) bond motifs is 1. The molecular formula is C11H8Br3N. The van der Waals surface area contributed by atoms with E-state index in [-0.39, 0.29) is 0 Å². The first-order chi connectivity index (χ1) is 7.02. The first-order valence-corrected chi connectivity index (χ1v) is 6.80. The Morgan fingerprint density at radius 1 is 1.00 bits per heavy atom. The van der Waals surface area contributed by atoms with Crippen molar-refractivity contribution < 1.29 is 0 Å². The Labute approximate surface area is 114 Å². The monoisotopic (exact) mass is 391 g/mol. The van der Waals surface area contributed by atoms with E-state index in [2.05, 4.69) is 65.8 Å². The molecule has 15 heavy (non-hydrogen) atoms. The van der Waals surface area contributed by atoms with E-state index in [1.165, 1.54) is 5.56 Å². The van der Waals surface area contributed by atoms with E-state index in [0.29, 0.717) is 0 Å². The van der Waals surface area contributed by atoms with E-state index in [9.17, 15) is 0 Å². The molecule has 0 aliphatic carbocycles. The number of aryl methyl sites for hydroxylation is 2. The third kappa shape index (κ3) is 1.87. The molecule has 1 aromatic heterocycles. The Morgan fingerprint density at radius 3 is 2.33 bits per heavy atom. The highest BCUT2D eigenvalue weighted by atomic mass is 79.9. The fourth-order valence-corrected chi connectivity index (χ4v) is 2.72. The highest BCUT2D eigenvalue weighted by Crippen LogP contribution is 2.35. The molecule has 0 aliphatic rings. The molecule has 0 fully saturated rings. The molecule has 1 nitrogen and oxygen atoms in total. The van der Waals surface area contributed by atoms with Gasteiger partial charge in [0.2, 0.25) is 0 Å². The van der Waals surface area contributed by atoms with Crippen molar-refractivity contribution in [2.24, 2.45) is 0 Å². The molecule has 0 bridgehead atoms. The van der Waals surface area contributed by atoms with Crippen molar-refractivity contribution >= 4 is 58.7 Å². The summed E-state index contributed by atoms with van der Waals surface area (Å²) in [5, 5.41) is 1.13. The van der Waals surface area contributed by atoms with Crippen molar-refractivity contribution in [1.82, 2.24) is 4.98 Å². The molecule has 0 amide bonds. The lowest BCUT2D eigenvalue weighted by molar-refractivity contribution is 1.21. The van der Waals surface area contributed by atoms with Gasteiger partial charge in [-0.05, 0) is 57.3 Å². The van der Waals surface area contributed by atoms with Crippen LogP contribution in [0.5, 0.6) is 0 Å². The lowest BCUT2D eigenvalue weighted by Crippen LogP contribution is -1.91. The Kier molecular flexibility index (Phi) is 3.20. The lowest BCUT2D eigenvalue weighted by Gasteiger charge is -2.09. The number of aromatic nitrogens is 1. The van der Waals surface area contributed by atoms with Crippen LogP contribution in [0.2, 0.25) is 0 Å². The van der Waals surface area contributed by atoms with Crippen LogP contribution in [0.15, 0.2) is 25.6 Å². The summed E-state index contributed by atoms with van der Waals surface area (Å²) < 4.78 is 3.19. The molecule has 0 saturated carbocycles. The first-order valence-electron chi connectivity index (χ1n) is 4.42. The molecule has 0 aliphatic heterocycles. The number of pyridine rings is 1. The predicted octanol–water partition coefficient (Wildman–Crippen LogP) is 5.14.